The van der Waals surface area contributed by atoms with Crippen molar-refractivity contribution in [1.29, 1.82) is 0 Å². The normalized spacial score (nSPS) is 18.1. The van der Waals surface area contributed by atoms with E-state index in [1.54, 1.807) is 0 Å². The van der Waals surface area contributed by atoms with E-state index in [0.29, 0.717) is 0 Å². The van der Waals surface area contributed by atoms with Crippen LogP contribution in [0.15, 0.2) is 42.5 Å². The lowest BCUT2D eigenvalue weighted by Crippen LogP contribution is -2.33. The summed E-state index contributed by atoms with van der Waals surface area (Å²) in [5.74, 6) is 0.949. The highest BCUT2D eigenvalue weighted by Crippen LogP contribution is 2.46. The zero-order valence-corrected chi connectivity index (χ0v) is 17.9. The lowest BCUT2D eigenvalue weighted by Gasteiger charge is -2.42. The van der Waals surface area contributed by atoms with Gasteiger partial charge in [0, 0.05) is 0 Å². The third-order valence-electron chi connectivity index (χ3n) is 6.04. The molecule has 0 atom stereocenters. The predicted octanol–water partition coefficient (Wildman–Crippen LogP) is 7.38. The summed E-state index contributed by atoms with van der Waals surface area (Å²) in [4.78, 5) is 0. The Bertz CT molecular complexity index is 822. The summed E-state index contributed by atoms with van der Waals surface area (Å²) in [7, 11) is 0. The van der Waals surface area contributed by atoms with Gasteiger partial charge in [0.25, 0.3) is 0 Å². The highest BCUT2D eigenvalue weighted by Gasteiger charge is 2.36. The Balaban J connectivity index is 1.89. The van der Waals surface area contributed by atoms with Crippen LogP contribution in [0, 0.1) is 0 Å². The maximum absolute atomic E-state index is 5.68. The molecule has 0 fully saturated rings. The second kappa shape index (κ2) is 7.54. The van der Waals surface area contributed by atoms with Crippen LogP contribution >= 0.6 is 0 Å². The van der Waals surface area contributed by atoms with E-state index < -0.39 is 0 Å². The zero-order valence-electron chi connectivity index (χ0n) is 17.9. The molecule has 27 heavy (non-hydrogen) atoms. The van der Waals surface area contributed by atoms with Crippen LogP contribution < -0.4 is 4.74 Å². The van der Waals surface area contributed by atoms with Crippen molar-refractivity contribution < 1.29 is 4.74 Å². The zero-order chi connectivity index (χ0) is 19.7. The molecule has 0 bridgehead atoms. The van der Waals surface area contributed by atoms with Crippen molar-refractivity contribution in [1.82, 2.24) is 0 Å². The average molecular weight is 363 g/mol. The fourth-order valence-electron chi connectivity index (χ4n) is 4.05. The van der Waals surface area contributed by atoms with Gasteiger partial charge >= 0.3 is 0 Å². The number of benzene rings is 2. The average Bonchev–Trinajstić information content (AvgIpc) is 2.65. The third kappa shape index (κ3) is 4.29. The minimum atomic E-state index is 0.249. The summed E-state index contributed by atoms with van der Waals surface area (Å²) in [6.45, 7) is 14.6. The minimum Gasteiger partial charge on any atom is -0.494 e. The predicted molar refractivity (Wildman–Crippen MR) is 118 cm³/mol. The van der Waals surface area contributed by atoms with Gasteiger partial charge in [-0.05, 0) is 77.0 Å². The molecule has 0 radical (unpaired) electrons. The molecule has 1 aliphatic carbocycles. The van der Waals surface area contributed by atoms with E-state index in [2.05, 4.69) is 90.1 Å². The van der Waals surface area contributed by atoms with Gasteiger partial charge in [-0.25, -0.2) is 0 Å². The molecule has 3 rings (SSSR count). The molecule has 0 spiro atoms. The second-order valence-corrected chi connectivity index (χ2v) is 9.27. The largest absolute Gasteiger partial charge is 0.494 e. The van der Waals surface area contributed by atoms with Gasteiger partial charge in [0.1, 0.15) is 5.75 Å². The van der Waals surface area contributed by atoms with Gasteiger partial charge in [0.2, 0.25) is 0 Å². The van der Waals surface area contributed by atoms with Gasteiger partial charge < -0.3 is 4.74 Å². The monoisotopic (exact) mass is 362 g/mol. The quantitative estimate of drug-likeness (QED) is 0.504. The molecule has 1 nitrogen and oxygen atoms in total. The lowest BCUT2D eigenvalue weighted by atomic mass is 9.63. The molecule has 1 aliphatic rings. The van der Waals surface area contributed by atoms with E-state index >= 15 is 0 Å². The van der Waals surface area contributed by atoms with Gasteiger partial charge in [0.15, 0.2) is 0 Å². The van der Waals surface area contributed by atoms with Gasteiger partial charge in [0.05, 0.1) is 6.61 Å². The molecule has 2 aromatic rings. The number of allylic oxidation sites excluding steroid dienone is 1. The van der Waals surface area contributed by atoms with E-state index in [9.17, 15) is 0 Å². The summed E-state index contributed by atoms with van der Waals surface area (Å²) in [5, 5.41) is 0. The smallest absolute Gasteiger partial charge is 0.119 e. The molecular formula is C26H34O. The molecule has 0 saturated heterocycles. The maximum atomic E-state index is 5.68. The van der Waals surface area contributed by atoms with E-state index in [0.717, 1.165) is 18.8 Å². The standard InChI is InChI=1S/C26H34O/c1-7-16-27-22-11-8-20(9-12-22)17-19(2)21-10-13-23-24(18-21)26(5,6)15-14-25(23,3)4/h8-13,17-18H,7,14-16H2,1-6H3/b19-17+. The first-order valence-corrected chi connectivity index (χ1v) is 10.3. The highest BCUT2D eigenvalue weighted by molar-refractivity contribution is 5.80. The summed E-state index contributed by atoms with van der Waals surface area (Å²) in [5.41, 5.74) is 7.41. The molecule has 0 aromatic heterocycles. The van der Waals surface area contributed by atoms with Crippen LogP contribution in [0.5, 0.6) is 5.75 Å². The van der Waals surface area contributed by atoms with Crippen molar-refractivity contribution >= 4 is 11.6 Å². The maximum Gasteiger partial charge on any atom is 0.119 e. The van der Waals surface area contributed by atoms with Crippen LogP contribution in [0.3, 0.4) is 0 Å². The van der Waals surface area contributed by atoms with Gasteiger partial charge in [-0.3, -0.25) is 0 Å². The van der Waals surface area contributed by atoms with Crippen LogP contribution in [-0.2, 0) is 10.8 Å². The van der Waals surface area contributed by atoms with Crippen molar-refractivity contribution in [3.8, 4) is 5.75 Å². The molecule has 0 heterocycles. The second-order valence-electron chi connectivity index (χ2n) is 9.27. The highest BCUT2D eigenvalue weighted by atomic mass is 16.5. The topological polar surface area (TPSA) is 9.23 Å². The number of fused-ring (bicyclic) bond motifs is 1. The number of hydrogen-bond donors (Lipinski definition) is 0. The van der Waals surface area contributed by atoms with E-state index in [1.807, 2.05) is 0 Å². The van der Waals surface area contributed by atoms with Crippen molar-refractivity contribution in [3.63, 3.8) is 0 Å². The lowest BCUT2D eigenvalue weighted by molar-refractivity contribution is 0.317. The molecule has 0 amide bonds. The first-order valence-electron chi connectivity index (χ1n) is 10.3. The Labute approximate surface area is 165 Å². The Morgan fingerprint density at radius 1 is 0.926 bits per heavy atom. The van der Waals surface area contributed by atoms with Crippen molar-refractivity contribution in [2.24, 2.45) is 0 Å². The first-order chi connectivity index (χ1) is 12.7. The summed E-state index contributed by atoms with van der Waals surface area (Å²) < 4.78 is 5.68. The van der Waals surface area contributed by atoms with Crippen molar-refractivity contribution in [3.05, 3.63) is 64.7 Å². The Hall–Kier alpha value is -2.02. The Morgan fingerprint density at radius 2 is 1.56 bits per heavy atom. The van der Waals surface area contributed by atoms with Crippen molar-refractivity contribution in [2.75, 3.05) is 6.61 Å². The van der Waals surface area contributed by atoms with E-state index in [4.69, 9.17) is 4.74 Å². The minimum absolute atomic E-state index is 0.249. The van der Waals surface area contributed by atoms with E-state index in [-0.39, 0.29) is 10.8 Å². The fraction of sp³-hybridized carbons (Fsp3) is 0.462. The Morgan fingerprint density at radius 3 is 2.19 bits per heavy atom. The van der Waals surface area contributed by atoms with Crippen LogP contribution in [-0.4, -0.2) is 6.61 Å². The summed E-state index contributed by atoms with van der Waals surface area (Å²) >= 11 is 0. The van der Waals surface area contributed by atoms with Crippen LogP contribution in [0.4, 0.5) is 0 Å². The number of hydrogen-bond acceptors (Lipinski definition) is 1. The third-order valence-corrected chi connectivity index (χ3v) is 6.04. The molecule has 0 N–H and O–H groups in total. The molecular weight excluding hydrogens is 328 g/mol. The SMILES string of the molecule is CCCOc1ccc(/C=C(\C)c2ccc3c(c2)C(C)(C)CCC3(C)C)cc1. The summed E-state index contributed by atoms with van der Waals surface area (Å²) in [6, 6.07) is 15.5. The molecule has 144 valence electrons. The summed E-state index contributed by atoms with van der Waals surface area (Å²) in [6.07, 6.45) is 5.81. The van der Waals surface area contributed by atoms with Crippen LogP contribution in [0.2, 0.25) is 0 Å². The van der Waals surface area contributed by atoms with E-state index in [1.165, 1.54) is 40.7 Å². The molecule has 2 aromatic carbocycles. The van der Waals surface area contributed by atoms with Gasteiger partial charge in [-0.1, -0.05) is 71.0 Å². The van der Waals surface area contributed by atoms with Gasteiger partial charge in [-0.2, -0.15) is 0 Å². The number of rotatable bonds is 5. The fourth-order valence-corrected chi connectivity index (χ4v) is 4.05. The Kier molecular flexibility index (Phi) is 5.51. The van der Waals surface area contributed by atoms with Crippen molar-refractivity contribution in [2.45, 2.75) is 71.6 Å². The van der Waals surface area contributed by atoms with Gasteiger partial charge in [-0.15, -0.1) is 0 Å². The molecule has 0 aliphatic heterocycles. The first kappa shape index (κ1) is 19.7. The van der Waals surface area contributed by atoms with Crippen LogP contribution in [0.1, 0.15) is 83.1 Å². The van der Waals surface area contributed by atoms with Crippen LogP contribution in [0.25, 0.3) is 11.6 Å². The molecule has 0 unspecified atom stereocenters. The molecule has 0 saturated carbocycles. The molecule has 1 heteroatoms. The number of ether oxygens (including phenoxy) is 1.